The Morgan fingerprint density at radius 2 is 2.00 bits per heavy atom. The van der Waals surface area contributed by atoms with Crippen molar-refractivity contribution >= 4 is 52.6 Å². The Morgan fingerprint density at radius 3 is 2.63 bits per heavy atom. The van der Waals surface area contributed by atoms with Crippen LogP contribution >= 0.6 is 46.7 Å². The molecule has 6 nitrogen and oxygen atoms in total. The fourth-order valence-electron chi connectivity index (χ4n) is 3.54. The zero-order valence-electron chi connectivity index (χ0n) is 18.3. The van der Waals surface area contributed by atoms with Crippen molar-refractivity contribution < 1.29 is 0 Å². The normalized spacial score (nSPS) is 15.8. The van der Waals surface area contributed by atoms with Crippen LogP contribution in [0, 0.1) is 5.92 Å². The van der Waals surface area contributed by atoms with E-state index in [1.54, 1.807) is 11.3 Å². The Balaban J connectivity index is 0.00000320. The van der Waals surface area contributed by atoms with Crippen LogP contribution in [0.1, 0.15) is 47.3 Å². The number of aromatic nitrogens is 2. The van der Waals surface area contributed by atoms with Crippen LogP contribution in [-0.2, 0) is 25.8 Å². The molecule has 2 aromatic rings. The molecule has 0 radical (unpaired) electrons. The van der Waals surface area contributed by atoms with Gasteiger partial charge in [-0.15, -0.1) is 46.7 Å². The zero-order chi connectivity index (χ0) is 20.5. The SMILES string of the molecule is CCc1cnc(CCNC(=NC)NCC2CCN(Cc3csc(CC)n3)CC2)s1.I. The molecule has 3 heterocycles. The van der Waals surface area contributed by atoms with Gasteiger partial charge in [-0.3, -0.25) is 9.89 Å². The first kappa shape index (κ1) is 25.5. The maximum Gasteiger partial charge on any atom is 0.190 e. The molecule has 1 fully saturated rings. The summed E-state index contributed by atoms with van der Waals surface area (Å²) in [5.74, 6) is 1.60. The van der Waals surface area contributed by atoms with Crippen LogP contribution in [0.25, 0.3) is 0 Å². The van der Waals surface area contributed by atoms with E-state index in [0.29, 0.717) is 5.92 Å². The van der Waals surface area contributed by atoms with Gasteiger partial charge in [0, 0.05) is 49.6 Å². The highest BCUT2D eigenvalue weighted by Gasteiger charge is 2.20. The van der Waals surface area contributed by atoms with Gasteiger partial charge in [0.1, 0.15) is 0 Å². The van der Waals surface area contributed by atoms with Gasteiger partial charge in [0.2, 0.25) is 0 Å². The van der Waals surface area contributed by atoms with Crippen LogP contribution < -0.4 is 10.6 Å². The minimum atomic E-state index is 0. The lowest BCUT2D eigenvalue weighted by Gasteiger charge is -2.31. The molecule has 1 saturated heterocycles. The molecule has 9 heteroatoms. The number of guanidine groups is 1. The summed E-state index contributed by atoms with van der Waals surface area (Å²) in [6, 6.07) is 0. The predicted molar refractivity (Wildman–Crippen MR) is 139 cm³/mol. The number of rotatable bonds is 9. The molecule has 0 aromatic carbocycles. The summed E-state index contributed by atoms with van der Waals surface area (Å²) in [4.78, 5) is 17.4. The molecule has 0 aliphatic carbocycles. The highest BCUT2D eigenvalue weighted by molar-refractivity contribution is 14.0. The van der Waals surface area contributed by atoms with E-state index < -0.39 is 0 Å². The topological polar surface area (TPSA) is 65.4 Å². The largest absolute Gasteiger partial charge is 0.356 e. The molecule has 0 bridgehead atoms. The Hall–Kier alpha value is -0.780. The number of aliphatic imine (C=N–C) groups is 1. The maximum atomic E-state index is 4.71. The number of hydrogen-bond acceptors (Lipinski definition) is 6. The summed E-state index contributed by atoms with van der Waals surface area (Å²) < 4.78 is 0. The van der Waals surface area contributed by atoms with Crippen molar-refractivity contribution in [2.75, 3.05) is 33.2 Å². The highest BCUT2D eigenvalue weighted by atomic mass is 127. The monoisotopic (exact) mass is 562 g/mol. The lowest BCUT2D eigenvalue weighted by atomic mass is 9.97. The van der Waals surface area contributed by atoms with Gasteiger partial charge < -0.3 is 10.6 Å². The Kier molecular flexibility index (Phi) is 11.5. The van der Waals surface area contributed by atoms with Crippen LogP contribution in [0.4, 0.5) is 0 Å². The van der Waals surface area contributed by atoms with E-state index in [2.05, 4.69) is 44.7 Å². The quantitative estimate of drug-likeness (QED) is 0.275. The van der Waals surface area contributed by atoms with Crippen molar-refractivity contribution in [3.63, 3.8) is 0 Å². The summed E-state index contributed by atoms with van der Waals surface area (Å²) in [7, 11) is 1.84. The molecular weight excluding hydrogens is 527 g/mol. The van der Waals surface area contributed by atoms with Gasteiger partial charge >= 0.3 is 0 Å². The first-order valence-electron chi connectivity index (χ1n) is 10.7. The summed E-state index contributed by atoms with van der Waals surface area (Å²) >= 11 is 3.60. The van der Waals surface area contributed by atoms with Crippen LogP contribution in [0.5, 0.6) is 0 Å². The van der Waals surface area contributed by atoms with Gasteiger partial charge in [-0.1, -0.05) is 13.8 Å². The molecule has 3 rings (SSSR count). The maximum absolute atomic E-state index is 4.71. The third-order valence-electron chi connectivity index (χ3n) is 5.36. The van der Waals surface area contributed by atoms with E-state index in [9.17, 15) is 0 Å². The fraction of sp³-hybridized carbons (Fsp3) is 0.667. The Morgan fingerprint density at radius 1 is 1.20 bits per heavy atom. The van der Waals surface area contributed by atoms with Gasteiger partial charge in [0.15, 0.2) is 5.96 Å². The molecule has 30 heavy (non-hydrogen) atoms. The summed E-state index contributed by atoms with van der Waals surface area (Å²) in [6.07, 6.45) is 7.51. The lowest BCUT2D eigenvalue weighted by molar-refractivity contribution is 0.176. The zero-order valence-corrected chi connectivity index (χ0v) is 22.3. The molecule has 2 aromatic heterocycles. The molecular formula is C21H35IN6S2. The summed E-state index contributed by atoms with van der Waals surface area (Å²) in [6.45, 7) is 9.50. The number of halogens is 1. The molecule has 0 unspecified atom stereocenters. The first-order chi connectivity index (χ1) is 14.2. The number of aryl methyl sites for hydroxylation is 2. The molecule has 168 valence electrons. The molecule has 1 aliphatic rings. The second-order valence-electron chi connectivity index (χ2n) is 7.51. The minimum absolute atomic E-state index is 0. The van der Waals surface area contributed by atoms with E-state index >= 15 is 0 Å². The first-order valence-corrected chi connectivity index (χ1v) is 12.4. The van der Waals surface area contributed by atoms with Crippen molar-refractivity contribution in [3.8, 4) is 0 Å². The fourth-order valence-corrected chi connectivity index (χ4v) is 5.14. The second-order valence-corrected chi connectivity index (χ2v) is 9.65. The lowest BCUT2D eigenvalue weighted by Crippen LogP contribution is -2.43. The highest BCUT2D eigenvalue weighted by Crippen LogP contribution is 2.19. The molecule has 2 N–H and O–H groups in total. The number of thiazole rings is 2. The third-order valence-corrected chi connectivity index (χ3v) is 7.60. The predicted octanol–water partition coefficient (Wildman–Crippen LogP) is 3.96. The van der Waals surface area contributed by atoms with Crippen molar-refractivity contribution in [2.45, 2.75) is 52.5 Å². The Bertz CT molecular complexity index is 767. The number of piperidine rings is 1. The molecule has 1 aliphatic heterocycles. The van der Waals surface area contributed by atoms with Crippen molar-refractivity contribution in [3.05, 3.63) is 32.2 Å². The third kappa shape index (κ3) is 8.05. The number of nitrogens with zero attached hydrogens (tertiary/aromatic N) is 4. The minimum Gasteiger partial charge on any atom is -0.356 e. The van der Waals surface area contributed by atoms with Crippen LogP contribution in [0.15, 0.2) is 16.6 Å². The second kappa shape index (κ2) is 13.6. The van der Waals surface area contributed by atoms with Crippen molar-refractivity contribution in [1.29, 1.82) is 0 Å². The van der Waals surface area contributed by atoms with Gasteiger partial charge in [0.25, 0.3) is 0 Å². The summed E-state index contributed by atoms with van der Waals surface area (Å²) in [5.41, 5.74) is 1.24. The van der Waals surface area contributed by atoms with E-state index in [0.717, 1.165) is 57.9 Å². The molecule has 0 spiro atoms. The standard InChI is InChI=1S/C21H34N6S2.HI/c1-4-18-13-24-20(29-18)6-9-23-21(22-3)25-12-16-7-10-27(11-8-16)14-17-15-28-19(5-2)26-17;/h13,15-16H,4-12,14H2,1-3H3,(H2,22,23,25);1H. The van der Waals surface area contributed by atoms with Gasteiger partial charge in [-0.2, -0.15) is 0 Å². The van der Waals surface area contributed by atoms with Gasteiger partial charge in [0.05, 0.1) is 15.7 Å². The summed E-state index contributed by atoms with van der Waals surface area (Å²) in [5, 5.41) is 11.6. The van der Waals surface area contributed by atoms with E-state index in [1.165, 1.54) is 33.4 Å². The van der Waals surface area contributed by atoms with E-state index in [1.807, 2.05) is 24.6 Å². The van der Waals surface area contributed by atoms with Crippen LogP contribution in [0.2, 0.25) is 0 Å². The number of nitrogens with one attached hydrogen (secondary N) is 2. The van der Waals surface area contributed by atoms with Gasteiger partial charge in [-0.25, -0.2) is 9.97 Å². The molecule has 0 saturated carbocycles. The van der Waals surface area contributed by atoms with E-state index in [-0.39, 0.29) is 24.0 Å². The average Bonchev–Trinajstić information content (AvgIpc) is 3.40. The number of hydrogen-bond donors (Lipinski definition) is 2. The van der Waals surface area contributed by atoms with Crippen LogP contribution in [-0.4, -0.2) is 54.1 Å². The van der Waals surface area contributed by atoms with Crippen molar-refractivity contribution in [1.82, 2.24) is 25.5 Å². The number of likely N-dealkylation sites (tertiary alicyclic amines) is 1. The van der Waals surface area contributed by atoms with Crippen LogP contribution in [0.3, 0.4) is 0 Å². The molecule has 0 atom stereocenters. The van der Waals surface area contributed by atoms with E-state index in [4.69, 9.17) is 4.98 Å². The van der Waals surface area contributed by atoms with Crippen molar-refractivity contribution in [2.24, 2.45) is 10.9 Å². The average molecular weight is 563 g/mol. The molecule has 0 amide bonds. The Labute approximate surface area is 206 Å². The van der Waals surface area contributed by atoms with Gasteiger partial charge in [-0.05, 0) is 44.7 Å². The smallest absolute Gasteiger partial charge is 0.190 e.